The van der Waals surface area contributed by atoms with Crippen LogP contribution in [-0.4, -0.2) is 14.9 Å². The van der Waals surface area contributed by atoms with E-state index in [9.17, 15) is 10.1 Å². The van der Waals surface area contributed by atoms with Gasteiger partial charge in [-0.15, -0.1) is 0 Å². The van der Waals surface area contributed by atoms with Gasteiger partial charge in [0.15, 0.2) is 0 Å². The molecule has 0 unspecified atom stereocenters. The number of nitro groups is 1. The van der Waals surface area contributed by atoms with Crippen molar-refractivity contribution in [2.75, 3.05) is 11.1 Å². The number of aromatic nitrogens is 2. The Kier molecular flexibility index (Phi) is 3.17. The summed E-state index contributed by atoms with van der Waals surface area (Å²) in [5, 5.41) is 14.2. The van der Waals surface area contributed by atoms with E-state index in [4.69, 9.17) is 5.73 Å². The number of benzene rings is 1. The van der Waals surface area contributed by atoms with Crippen LogP contribution in [-0.2, 0) is 12.8 Å². The largest absolute Gasteiger partial charge is 0.368 e. The van der Waals surface area contributed by atoms with Crippen molar-refractivity contribution in [1.29, 1.82) is 0 Å². The Hall–Kier alpha value is -2.70. The lowest BCUT2D eigenvalue weighted by Gasteiger charge is -2.09. The lowest BCUT2D eigenvalue weighted by Crippen LogP contribution is -2.07. The van der Waals surface area contributed by atoms with E-state index in [1.165, 1.54) is 11.1 Å². The smallest absolute Gasteiger partial charge is 0.332 e. The van der Waals surface area contributed by atoms with Crippen molar-refractivity contribution in [2.24, 2.45) is 0 Å². The monoisotopic (exact) mass is 285 g/mol. The molecule has 7 heteroatoms. The van der Waals surface area contributed by atoms with Gasteiger partial charge in [0.2, 0.25) is 11.8 Å². The highest BCUT2D eigenvalue weighted by atomic mass is 16.6. The molecule has 108 valence electrons. The normalized spacial score (nSPS) is 13.0. The van der Waals surface area contributed by atoms with Gasteiger partial charge in [-0.05, 0) is 49.4 Å². The van der Waals surface area contributed by atoms with Crippen molar-refractivity contribution in [3.05, 3.63) is 45.1 Å². The van der Waals surface area contributed by atoms with Gasteiger partial charge in [-0.2, -0.15) is 4.98 Å². The van der Waals surface area contributed by atoms with E-state index in [1.54, 1.807) is 6.92 Å². The maximum Gasteiger partial charge on any atom is 0.332 e. The van der Waals surface area contributed by atoms with Crippen LogP contribution in [0.1, 0.15) is 23.2 Å². The zero-order valence-electron chi connectivity index (χ0n) is 11.6. The van der Waals surface area contributed by atoms with E-state index < -0.39 is 4.92 Å². The van der Waals surface area contributed by atoms with E-state index in [1.807, 2.05) is 18.2 Å². The molecule has 0 saturated heterocycles. The molecule has 3 N–H and O–H groups in total. The second kappa shape index (κ2) is 5.01. The van der Waals surface area contributed by atoms with Gasteiger partial charge in [-0.3, -0.25) is 10.1 Å². The van der Waals surface area contributed by atoms with Crippen molar-refractivity contribution < 1.29 is 4.92 Å². The van der Waals surface area contributed by atoms with Crippen molar-refractivity contribution in [3.63, 3.8) is 0 Å². The highest BCUT2D eigenvalue weighted by molar-refractivity contribution is 5.68. The summed E-state index contributed by atoms with van der Waals surface area (Å²) in [6.07, 6.45) is 3.28. The molecule has 0 saturated carbocycles. The first-order valence-corrected chi connectivity index (χ1v) is 6.72. The standard InChI is InChI=1S/C14H15N5O2/c1-8-12(19(20)21)13(18-14(15)16-8)17-11-6-5-9-3-2-4-10(9)7-11/h5-7H,2-4H2,1H3,(H3,15,16,17,18). The molecule has 1 aliphatic rings. The Morgan fingerprint density at radius 2 is 2.05 bits per heavy atom. The van der Waals surface area contributed by atoms with Crippen LogP contribution in [0.15, 0.2) is 18.2 Å². The predicted molar refractivity (Wildman–Crippen MR) is 79.6 cm³/mol. The molecule has 0 fully saturated rings. The van der Waals surface area contributed by atoms with Crippen LogP contribution in [0.5, 0.6) is 0 Å². The zero-order valence-corrected chi connectivity index (χ0v) is 11.6. The van der Waals surface area contributed by atoms with Gasteiger partial charge in [0.05, 0.1) is 4.92 Å². The fourth-order valence-corrected chi connectivity index (χ4v) is 2.68. The molecule has 0 atom stereocenters. The fraction of sp³-hybridized carbons (Fsp3) is 0.286. The summed E-state index contributed by atoms with van der Waals surface area (Å²) in [6, 6.07) is 5.97. The molecule has 0 amide bonds. The number of nitrogens with zero attached hydrogens (tertiary/aromatic N) is 3. The molecule has 0 bridgehead atoms. The number of nitrogens with one attached hydrogen (secondary N) is 1. The summed E-state index contributed by atoms with van der Waals surface area (Å²) in [5.74, 6) is 0.143. The average molecular weight is 285 g/mol. The average Bonchev–Trinajstić information content (AvgIpc) is 2.84. The molecule has 1 aromatic heterocycles. The Bertz CT molecular complexity index is 730. The topological polar surface area (TPSA) is 107 Å². The molecule has 7 nitrogen and oxygen atoms in total. The predicted octanol–water partition coefficient (Wildman–Crippen LogP) is 2.51. The van der Waals surface area contributed by atoms with E-state index in [-0.39, 0.29) is 23.1 Å². The summed E-state index contributed by atoms with van der Waals surface area (Å²) in [4.78, 5) is 18.5. The second-order valence-electron chi connectivity index (χ2n) is 5.08. The number of nitrogens with two attached hydrogens (primary N) is 1. The van der Waals surface area contributed by atoms with E-state index in [0.29, 0.717) is 0 Å². The first-order valence-electron chi connectivity index (χ1n) is 6.72. The number of aryl methyl sites for hydroxylation is 3. The summed E-state index contributed by atoms with van der Waals surface area (Å²) in [7, 11) is 0. The minimum absolute atomic E-state index is 0.0155. The van der Waals surface area contributed by atoms with E-state index in [2.05, 4.69) is 15.3 Å². The number of nitrogen functional groups attached to an aromatic ring is 1. The minimum Gasteiger partial charge on any atom is -0.368 e. The molecule has 0 aliphatic heterocycles. The third kappa shape index (κ3) is 2.49. The van der Waals surface area contributed by atoms with Gasteiger partial charge in [0.25, 0.3) is 0 Å². The molecule has 1 heterocycles. The maximum atomic E-state index is 11.2. The van der Waals surface area contributed by atoms with Gasteiger partial charge in [-0.25, -0.2) is 4.98 Å². The van der Waals surface area contributed by atoms with E-state index >= 15 is 0 Å². The lowest BCUT2D eigenvalue weighted by molar-refractivity contribution is -0.385. The van der Waals surface area contributed by atoms with Crippen LogP contribution in [0.2, 0.25) is 0 Å². The lowest BCUT2D eigenvalue weighted by atomic mass is 10.1. The zero-order chi connectivity index (χ0) is 15.0. The summed E-state index contributed by atoms with van der Waals surface area (Å²) in [5.41, 5.74) is 9.08. The van der Waals surface area contributed by atoms with Crippen LogP contribution in [0.4, 0.5) is 23.1 Å². The molecule has 2 aromatic rings. The van der Waals surface area contributed by atoms with Crippen molar-refractivity contribution in [2.45, 2.75) is 26.2 Å². The van der Waals surface area contributed by atoms with Crippen LogP contribution < -0.4 is 11.1 Å². The van der Waals surface area contributed by atoms with E-state index in [0.717, 1.165) is 24.9 Å². The van der Waals surface area contributed by atoms with Crippen LogP contribution in [0.3, 0.4) is 0 Å². The molecular weight excluding hydrogens is 270 g/mol. The first kappa shape index (κ1) is 13.3. The van der Waals surface area contributed by atoms with Crippen molar-refractivity contribution in [1.82, 2.24) is 9.97 Å². The number of fused-ring (bicyclic) bond motifs is 1. The molecular formula is C14H15N5O2. The Balaban J connectivity index is 1.99. The quantitative estimate of drug-likeness (QED) is 0.662. The van der Waals surface area contributed by atoms with Gasteiger partial charge in [0, 0.05) is 5.69 Å². The summed E-state index contributed by atoms with van der Waals surface area (Å²) >= 11 is 0. The number of hydrogen-bond acceptors (Lipinski definition) is 6. The molecule has 3 rings (SSSR count). The Labute approximate surface area is 121 Å². The van der Waals surface area contributed by atoms with Crippen molar-refractivity contribution >= 4 is 23.1 Å². The molecule has 1 aromatic carbocycles. The first-order chi connectivity index (χ1) is 10.0. The number of anilines is 3. The SMILES string of the molecule is Cc1nc(N)nc(Nc2ccc3c(c2)CCC3)c1[N+](=O)[O-]. The number of hydrogen-bond donors (Lipinski definition) is 2. The van der Waals surface area contributed by atoms with Crippen molar-refractivity contribution in [3.8, 4) is 0 Å². The van der Waals surface area contributed by atoms with Crippen LogP contribution in [0, 0.1) is 17.0 Å². The second-order valence-corrected chi connectivity index (χ2v) is 5.08. The highest BCUT2D eigenvalue weighted by Gasteiger charge is 2.22. The Morgan fingerprint density at radius 1 is 1.29 bits per heavy atom. The molecule has 1 aliphatic carbocycles. The van der Waals surface area contributed by atoms with Gasteiger partial charge in [-0.1, -0.05) is 6.07 Å². The number of rotatable bonds is 3. The molecule has 0 radical (unpaired) electrons. The van der Waals surface area contributed by atoms with Gasteiger partial charge >= 0.3 is 5.69 Å². The van der Waals surface area contributed by atoms with Crippen LogP contribution >= 0.6 is 0 Å². The van der Waals surface area contributed by atoms with Gasteiger partial charge < -0.3 is 11.1 Å². The molecule has 0 spiro atoms. The Morgan fingerprint density at radius 3 is 2.81 bits per heavy atom. The summed E-state index contributed by atoms with van der Waals surface area (Å²) in [6.45, 7) is 1.55. The third-order valence-corrected chi connectivity index (χ3v) is 3.62. The maximum absolute atomic E-state index is 11.2. The van der Waals surface area contributed by atoms with Crippen LogP contribution in [0.25, 0.3) is 0 Å². The minimum atomic E-state index is -0.496. The third-order valence-electron chi connectivity index (χ3n) is 3.62. The fourth-order valence-electron chi connectivity index (χ4n) is 2.68. The molecule has 21 heavy (non-hydrogen) atoms. The summed E-state index contributed by atoms with van der Waals surface area (Å²) < 4.78 is 0. The highest BCUT2D eigenvalue weighted by Crippen LogP contribution is 2.31. The van der Waals surface area contributed by atoms with Gasteiger partial charge in [0.1, 0.15) is 5.69 Å².